The average Bonchev–Trinajstić information content (AvgIpc) is 2.78. The van der Waals surface area contributed by atoms with E-state index < -0.39 is 10.0 Å². The normalized spacial score (nSPS) is 15.5. The van der Waals surface area contributed by atoms with Crippen molar-refractivity contribution in [2.45, 2.75) is 17.7 Å². The van der Waals surface area contributed by atoms with Crippen LogP contribution in [0.25, 0.3) is 10.8 Å². The van der Waals surface area contributed by atoms with Gasteiger partial charge in [0.2, 0.25) is 15.9 Å². The van der Waals surface area contributed by atoms with Gasteiger partial charge in [0.1, 0.15) is 0 Å². The van der Waals surface area contributed by atoms with Gasteiger partial charge in [-0.2, -0.15) is 4.31 Å². The van der Waals surface area contributed by atoms with Crippen LogP contribution < -0.4 is 0 Å². The second kappa shape index (κ2) is 8.31. The maximum absolute atomic E-state index is 13.0. The van der Waals surface area contributed by atoms with Crippen LogP contribution in [0.15, 0.2) is 71.9 Å². The molecule has 0 unspecified atom stereocenters. The lowest BCUT2D eigenvalue weighted by Gasteiger charge is -2.34. The van der Waals surface area contributed by atoms with Crippen molar-refractivity contribution >= 4 is 26.7 Å². The highest BCUT2D eigenvalue weighted by molar-refractivity contribution is 7.89. The summed E-state index contributed by atoms with van der Waals surface area (Å²) < 4.78 is 27.5. The zero-order chi connectivity index (χ0) is 20.3. The van der Waals surface area contributed by atoms with E-state index in [-0.39, 0.29) is 5.91 Å². The predicted molar refractivity (Wildman–Crippen MR) is 112 cm³/mol. The molecule has 4 rings (SSSR count). The van der Waals surface area contributed by atoms with Crippen LogP contribution in [0.2, 0.25) is 0 Å². The zero-order valence-corrected chi connectivity index (χ0v) is 16.9. The van der Waals surface area contributed by atoms with Crippen LogP contribution in [0.1, 0.15) is 12.0 Å². The highest BCUT2D eigenvalue weighted by Crippen LogP contribution is 2.23. The lowest BCUT2D eigenvalue weighted by atomic mass is 10.1. The van der Waals surface area contributed by atoms with Crippen molar-refractivity contribution < 1.29 is 13.2 Å². The smallest absolute Gasteiger partial charge is 0.243 e. The van der Waals surface area contributed by atoms with E-state index >= 15 is 0 Å². The molecule has 2 heterocycles. The molecule has 6 nitrogen and oxygen atoms in total. The number of sulfonamides is 1. The third kappa shape index (κ3) is 4.31. The highest BCUT2D eigenvalue weighted by atomic mass is 32.2. The van der Waals surface area contributed by atoms with E-state index in [2.05, 4.69) is 4.98 Å². The van der Waals surface area contributed by atoms with Crippen LogP contribution in [0.5, 0.6) is 0 Å². The van der Waals surface area contributed by atoms with Crippen LogP contribution in [0.4, 0.5) is 0 Å². The van der Waals surface area contributed by atoms with Crippen molar-refractivity contribution in [2.75, 3.05) is 26.2 Å². The Kier molecular flexibility index (Phi) is 5.60. The highest BCUT2D eigenvalue weighted by Gasteiger charge is 2.30. The Morgan fingerprint density at radius 2 is 1.69 bits per heavy atom. The molecule has 0 bridgehead atoms. The number of aryl methyl sites for hydroxylation is 1. The van der Waals surface area contributed by atoms with E-state index in [1.807, 2.05) is 42.5 Å². The van der Waals surface area contributed by atoms with Gasteiger partial charge in [0.25, 0.3) is 0 Å². The Balaban J connectivity index is 1.38. The van der Waals surface area contributed by atoms with E-state index in [4.69, 9.17) is 0 Å². The first kappa shape index (κ1) is 19.5. The molecule has 3 aromatic rings. The number of carbonyl (C=O) groups excluding carboxylic acids is 1. The Morgan fingerprint density at radius 1 is 0.931 bits per heavy atom. The average molecular weight is 410 g/mol. The number of piperazine rings is 1. The molecule has 1 saturated heterocycles. The standard InChI is InChI=1S/C22H23N3O3S/c26-22(10-7-18-4-3-11-23-17-18)24-12-14-25(15-13-24)29(27,28)21-9-8-19-5-1-2-6-20(19)16-21/h1-6,8-9,11,16-17H,7,10,12-15H2. The topological polar surface area (TPSA) is 70.6 Å². The van der Waals surface area contributed by atoms with Gasteiger partial charge in [-0.1, -0.05) is 36.4 Å². The monoisotopic (exact) mass is 409 g/mol. The van der Waals surface area contributed by atoms with Crippen LogP contribution >= 0.6 is 0 Å². The number of carbonyl (C=O) groups is 1. The molecule has 1 amide bonds. The molecule has 29 heavy (non-hydrogen) atoms. The number of hydrogen-bond acceptors (Lipinski definition) is 4. The molecule has 1 aliphatic heterocycles. The second-order valence-corrected chi connectivity index (χ2v) is 9.09. The van der Waals surface area contributed by atoms with E-state index in [1.165, 1.54) is 4.31 Å². The van der Waals surface area contributed by atoms with Gasteiger partial charge in [0.05, 0.1) is 4.90 Å². The SMILES string of the molecule is O=C(CCc1cccnc1)N1CCN(S(=O)(=O)c2ccc3ccccc3c2)CC1. The Labute approximate surface area is 170 Å². The fraction of sp³-hybridized carbons (Fsp3) is 0.273. The van der Waals surface area contributed by atoms with Gasteiger partial charge >= 0.3 is 0 Å². The van der Waals surface area contributed by atoms with Gasteiger partial charge < -0.3 is 4.90 Å². The summed E-state index contributed by atoms with van der Waals surface area (Å²) in [6.45, 7) is 1.46. The quantitative estimate of drug-likeness (QED) is 0.650. The Morgan fingerprint density at radius 3 is 2.41 bits per heavy atom. The van der Waals surface area contributed by atoms with E-state index in [0.717, 1.165) is 16.3 Å². The first-order valence-electron chi connectivity index (χ1n) is 9.70. The number of pyridine rings is 1. The van der Waals surface area contributed by atoms with Crippen LogP contribution in [-0.4, -0.2) is 54.7 Å². The molecule has 1 aliphatic rings. The Bertz CT molecular complexity index is 1110. The number of fused-ring (bicyclic) bond motifs is 1. The van der Waals surface area contributed by atoms with E-state index in [9.17, 15) is 13.2 Å². The van der Waals surface area contributed by atoms with Crippen LogP contribution in [0, 0.1) is 0 Å². The molecule has 1 fully saturated rings. The summed E-state index contributed by atoms with van der Waals surface area (Å²) in [4.78, 5) is 18.6. The van der Waals surface area contributed by atoms with Crippen molar-refractivity contribution in [3.05, 3.63) is 72.6 Å². The third-order valence-electron chi connectivity index (χ3n) is 5.30. The summed E-state index contributed by atoms with van der Waals surface area (Å²) in [5, 5.41) is 1.91. The van der Waals surface area contributed by atoms with Gasteiger partial charge in [0.15, 0.2) is 0 Å². The summed E-state index contributed by atoms with van der Waals surface area (Å²) in [6.07, 6.45) is 4.52. The molecular formula is C22H23N3O3S. The van der Waals surface area contributed by atoms with Gasteiger partial charge in [0, 0.05) is 45.0 Å². The predicted octanol–water partition coefficient (Wildman–Crippen LogP) is 2.70. The third-order valence-corrected chi connectivity index (χ3v) is 7.20. The van der Waals surface area contributed by atoms with Crippen molar-refractivity contribution in [3.8, 4) is 0 Å². The largest absolute Gasteiger partial charge is 0.340 e. The number of benzene rings is 2. The number of nitrogens with zero attached hydrogens (tertiary/aromatic N) is 3. The summed E-state index contributed by atoms with van der Waals surface area (Å²) in [5.74, 6) is 0.0524. The van der Waals surface area contributed by atoms with Crippen LogP contribution in [0.3, 0.4) is 0 Å². The molecule has 0 N–H and O–H groups in total. The maximum atomic E-state index is 13.0. The summed E-state index contributed by atoms with van der Waals surface area (Å²) in [7, 11) is -3.57. The molecule has 0 spiro atoms. The number of amides is 1. The summed E-state index contributed by atoms with van der Waals surface area (Å²) in [5.41, 5.74) is 1.03. The molecule has 0 radical (unpaired) electrons. The molecular weight excluding hydrogens is 386 g/mol. The minimum absolute atomic E-state index is 0.0524. The minimum Gasteiger partial charge on any atom is -0.340 e. The number of aromatic nitrogens is 1. The molecule has 1 aromatic heterocycles. The summed E-state index contributed by atoms with van der Waals surface area (Å²) in [6, 6.07) is 16.7. The molecule has 150 valence electrons. The zero-order valence-electron chi connectivity index (χ0n) is 16.1. The molecule has 0 atom stereocenters. The fourth-order valence-corrected chi connectivity index (χ4v) is 5.07. The second-order valence-electron chi connectivity index (χ2n) is 7.16. The van der Waals surface area contributed by atoms with Gasteiger partial charge in [-0.25, -0.2) is 8.42 Å². The molecule has 0 aliphatic carbocycles. The van der Waals surface area contributed by atoms with Gasteiger partial charge in [-0.05, 0) is 41.0 Å². The lowest BCUT2D eigenvalue weighted by Crippen LogP contribution is -2.50. The van der Waals surface area contributed by atoms with Crippen molar-refractivity contribution in [2.24, 2.45) is 0 Å². The minimum atomic E-state index is -3.57. The van der Waals surface area contributed by atoms with Crippen molar-refractivity contribution in [1.29, 1.82) is 0 Å². The first-order chi connectivity index (χ1) is 14.0. The molecule has 7 heteroatoms. The maximum Gasteiger partial charge on any atom is 0.243 e. The van der Waals surface area contributed by atoms with Crippen molar-refractivity contribution in [1.82, 2.24) is 14.2 Å². The Hall–Kier alpha value is -2.77. The number of hydrogen-bond donors (Lipinski definition) is 0. The molecule has 0 saturated carbocycles. The van der Waals surface area contributed by atoms with Gasteiger partial charge in [-0.15, -0.1) is 0 Å². The van der Waals surface area contributed by atoms with Crippen molar-refractivity contribution in [3.63, 3.8) is 0 Å². The fourth-order valence-electron chi connectivity index (χ4n) is 3.61. The van der Waals surface area contributed by atoms with Gasteiger partial charge in [-0.3, -0.25) is 9.78 Å². The molecule has 2 aromatic carbocycles. The van der Waals surface area contributed by atoms with Crippen LogP contribution in [-0.2, 0) is 21.2 Å². The summed E-state index contributed by atoms with van der Waals surface area (Å²) >= 11 is 0. The van der Waals surface area contributed by atoms with E-state index in [1.54, 1.807) is 29.4 Å². The lowest BCUT2D eigenvalue weighted by molar-refractivity contribution is -0.132. The van der Waals surface area contributed by atoms with E-state index in [0.29, 0.717) is 43.9 Å². The first-order valence-corrected chi connectivity index (χ1v) is 11.1. The number of rotatable bonds is 5.